The Balaban J connectivity index is 2.17. The molecule has 1 aliphatic rings. The summed E-state index contributed by atoms with van der Waals surface area (Å²) in [6, 6.07) is 0. The minimum absolute atomic E-state index is 0.480. The highest BCUT2D eigenvalue weighted by Gasteiger charge is 2.33. The van der Waals surface area contributed by atoms with Crippen molar-refractivity contribution in [3.05, 3.63) is 0 Å². The first kappa shape index (κ1) is 10.0. The van der Waals surface area contributed by atoms with Gasteiger partial charge in [-0.1, -0.05) is 20.3 Å². The van der Waals surface area contributed by atoms with Crippen molar-refractivity contribution in [2.45, 2.75) is 33.1 Å². The monoisotopic (exact) mass is 170 g/mol. The van der Waals surface area contributed by atoms with Crippen LogP contribution in [-0.2, 0) is 0 Å². The van der Waals surface area contributed by atoms with Gasteiger partial charge in [0.1, 0.15) is 0 Å². The van der Waals surface area contributed by atoms with Crippen molar-refractivity contribution in [3.8, 4) is 0 Å². The maximum Gasteiger partial charge on any atom is 0.00747 e. The maximum atomic E-state index is 5.42. The van der Waals surface area contributed by atoms with Crippen LogP contribution in [0.2, 0.25) is 0 Å². The summed E-state index contributed by atoms with van der Waals surface area (Å²) in [5.41, 5.74) is 5.90. The molecule has 0 heterocycles. The predicted octanol–water partition coefficient (Wildman–Crippen LogP) is 1.36. The van der Waals surface area contributed by atoms with Crippen LogP contribution in [0, 0.1) is 11.3 Å². The van der Waals surface area contributed by atoms with Crippen molar-refractivity contribution < 1.29 is 0 Å². The van der Waals surface area contributed by atoms with Crippen LogP contribution in [0.3, 0.4) is 0 Å². The molecule has 0 unspecified atom stereocenters. The van der Waals surface area contributed by atoms with Crippen LogP contribution in [0.15, 0.2) is 0 Å². The summed E-state index contributed by atoms with van der Waals surface area (Å²) < 4.78 is 0. The third-order valence-corrected chi connectivity index (χ3v) is 3.11. The zero-order valence-corrected chi connectivity index (χ0v) is 8.40. The number of hydrogen-bond acceptors (Lipinski definition) is 2. The Bertz CT molecular complexity index is 128. The Labute approximate surface area is 75.9 Å². The van der Waals surface area contributed by atoms with E-state index in [2.05, 4.69) is 19.2 Å². The molecule has 12 heavy (non-hydrogen) atoms. The number of rotatable bonds is 5. The molecule has 1 fully saturated rings. The smallest absolute Gasteiger partial charge is 0.00747 e. The molecule has 0 saturated heterocycles. The third-order valence-electron chi connectivity index (χ3n) is 3.11. The Morgan fingerprint density at radius 3 is 2.50 bits per heavy atom. The van der Waals surface area contributed by atoms with Gasteiger partial charge in [0, 0.05) is 19.6 Å². The Morgan fingerprint density at radius 1 is 1.42 bits per heavy atom. The summed E-state index contributed by atoms with van der Waals surface area (Å²) >= 11 is 0. The lowest BCUT2D eigenvalue weighted by Gasteiger charge is -2.40. The number of hydrogen-bond donors (Lipinski definition) is 2. The summed E-state index contributed by atoms with van der Waals surface area (Å²) in [5.74, 6) is 0.947. The zero-order valence-electron chi connectivity index (χ0n) is 8.40. The molecule has 2 heteroatoms. The van der Waals surface area contributed by atoms with Gasteiger partial charge in [-0.2, -0.15) is 0 Å². The molecule has 0 radical (unpaired) electrons. The topological polar surface area (TPSA) is 38.0 Å². The highest BCUT2D eigenvalue weighted by molar-refractivity contribution is 4.85. The van der Waals surface area contributed by atoms with Crippen LogP contribution in [0.5, 0.6) is 0 Å². The van der Waals surface area contributed by atoms with Gasteiger partial charge >= 0.3 is 0 Å². The van der Waals surface area contributed by atoms with E-state index in [1.165, 1.54) is 19.3 Å². The van der Waals surface area contributed by atoms with Crippen molar-refractivity contribution in [1.29, 1.82) is 0 Å². The summed E-state index contributed by atoms with van der Waals surface area (Å²) in [4.78, 5) is 0. The maximum absolute atomic E-state index is 5.42. The molecule has 72 valence electrons. The van der Waals surface area contributed by atoms with E-state index >= 15 is 0 Å². The third kappa shape index (κ3) is 2.46. The average Bonchev–Trinajstić information content (AvgIpc) is 1.82. The molecule has 0 spiro atoms. The quantitative estimate of drug-likeness (QED) is 0.611. The molecule has 1 rings (SSSR count). The molecule has 0 aromatic heterocycles. The first-order valence-corrected chi connectivity index (χ1v) is 5.07. The minimum atomic E-state index is 0.480. The van der Waals surface area contributed by atoms with E-state index in [0.717, 1.165) is 25.6 Å². The van der Waals surface area contributed by atoms with Gasteiger partial charge < -0.3 is 11.1 Å². The SMILES string of the molecule is CC(C)(CNCCN)C1CCC1. The fourth-order valence-corrected chi connectivity index (χ4v) is 1.85. The van der Waals surface area contributed by atoms with E-state index in [9.17, 15) is 0 Å². The average molecular weight is 170 g/mol. The van der Waals surface area contributed by atoms with Crippen molar-refractivity contribution in [1.82, 2.24) is 5.32 Å². The van der Waals surface area contributed by atoms with Crippen molar-refractivity contribution in [3.63, 3.8) is 0 Å². The van der Waals surface area contributed by atoms with E-state index in [1.807, 2.05) is 0 Å². The predicted molar refractivity (Wildman–Crippen MR) is 53.0 cm³/mol. The molecule has 0 aromatic rings. The molecular weight excluding hydrogens is 148 g/mol. The van der Waals surface area contributed by atoms with E-state index in [1.54, 1.807) is 0 Å². The van der Waals surface area contributed by atoms with Crippen LogP contribution in [0.1, 0.15) is 33.1 Å². The molecular formula is C10H22N2. The minimum Gasteiger partial charge on any atom is -0.329 e. The molecule has 1 saturated carbocycles. The van der Waals surface area contributed by atoms with Gasteiger partial charge in [-0.25, -0.2) is 0 Å². The first-order chi connectivity index (χ1) is 5.67. The molecule has 1 aliphatic carbocycles. The summed E-state index contributed by atoms with van der Waals surface area (Å²) in [6.45, 7) is 7.55. The molecule has 0 atom stereocenters. The second-order valence-corrected chi connectivity index (χ2v) is 4.58. The largest absolute Gasteiger partial charge is 0.329 e. The zero-order chi connectivity index (χ0) is 9.03. The molecule has 0 amide bonds. The van der Waals surface area contributed by atoms with Gasteiger partial charge in [-0.05, 0) is 24.2 Å². The summed E-state index contributed by atoms with van der Waals surface area (Å²) in [7, 11) is 0. The Hall–Kier alpha value is -0.0800. The normalized spacial score (nSPS) is 19.2. The Kier molecular flexibility index (Phi) is 3.53. The highest BCUT2D eigenvalue weighted by Crippen LogP contribution is 2.40. The Morgan fingerprint density at radius 2 is 2.08 bits per heavy atom. The van der Waals surface area contributed by atoms with Gasteiger partial charge in [0.2, 0.25) is 0 Å². The molecule has 2 nitrogen and oxygen atoms in total. The van der Waals surface area contributed by atoms with Gasteiger partial charge in [0.15, 0.2) is 0 Å². The lowest BCUT2D eigenvalue weighted by atomic mass is 9.67. The lowest BCUT2D eigenvalue weighted by molar-refractivity contribution is 0.119. The van der Waals surface area contributed by atoms with Gasteiger partial charge in [0.25, 0.3) is 0 Å². The van der Waals surface area contributed by atoms with Crippen molar-refractivity contribution >= 4 is 0 Å². The second kappa shape index (κ2) is 4.24. The molecule has 3 N–H and O–H groups in total. The summed E-state index contributed by atoms with van der Waals surface area (Å²) in [5, 5.41) is 3.40. The molecule has 0 aromatic carbocycles. The van der Waals surface area contributed by atoms with Crippen LogP contribution in [-0.4, -0.2) is 19.6 Å². The van der Waals surface area contributed by atoms with E-state index in [-0.39, 0.29) is 0 Å². The van der Waals surface area contributed by atoms with Crippen molar-refractivity contribution in [2.24, 2.45) is 17.1 Å². The van der Waals surface area contributed by atoms with Crippen LogP contribution < -0.4 is 11.1 Å². The van der Waals surface area contributed by atoms with E-state index in [4.69, 9.17) is 5.73 Å². The summed E-state index contributed by atoms with van der Waals surface area (Å²) in [6.07, 6.45) is 4.29. The van der Waals surface area contributed by atoms with Gasteiger partial charge in [0.05, 0.1) is 0 Å². The van der Waals surface area contributed by atoms with Crippen LogP contribution in [0.25, 0.3) is 0 Å². The standard InChI is InChI=1S/C10H22N2/c1-10(2,8-12-7-6-11)9-4-3-5-9/h9,12H,3-8,11H2,1-2H3. The lowest BCUT2D eigenvalue weighted by Crippen LogP contribution is -2.40. The van der Waals surface area contributed by atoms with Crippen LogP contribution in [0.4, 0.5) is 0 Å². The fourth-order valence-electron chi connectivity index (χ4n) is 1.85. The van der Waals surface area contributed by atoms with Gasteiger partial charge in [-0.3, -0.25) is 0 Å². The van der Waals surface area contributed by atoms with Gasteiger partial charge in [-0.15, -0.1) is 0 Å². The number of nitrogens with one attached hydrogen (secondary N) is 1. The van der Waals surface area contributed by atoms with E-state index in [0.29, 0.717) is 5.41 Å². The second-order valence-electron chi connectivity index (χ2n) is 4.58. The van der Waals surface area contributed by atoms with E-state index < -0.39 is 0 Å². The highest BCUT2D eigenvalue weighted by atomic mass is 14.9. The first-order valence-electron chi connectivity index (χ1n) is 5.07. The molecule has 0 aliphatic heterocycles. The fraction of sp³-hybridized carbons (Fsp3) is 1.00. The van der Waals surface area contributed by atoms with Crippen molar-refractivity contribution in [2.75, 3.05) is 19.6 Å². The number of nitrogens with two attached hydrogens (primary N) is 1. The van der Waals surface area contributed by atoms with Crippen LogP contribution >= 0.6 is 0 Å². The molecule has 0 bridgehead atoms.